The highest BCUT2D eigenvalue weighted by molar-refractivity contribution is 9.10. The van der Waals surface area contributed by atoms with E-state index >= 15 is 0 Å². The smallest absolute Gasteiger partial charge is 0.412 e. The number of phenolic OH excluding ortho intramolecular Hbond substituents is 1. The maximum absolute atomic E-state index is 12.9. The molecule has 0 aliphatic rings. The standard InChI is InChI=1S/C25H25BrN2O5/c1-16(7-2-5-12-23(30)28-32)24(20-15-18(26)13-14-22(20)29)33-25(31)27-21-11-6-9-17-8-3-4-10-19(17)21/h3-6,8-16,24,29,32H,2,7H2,1H3,(H,27,31)(H,28,30)/b12-5+/t16-,24+/m0/s1. The van der Waals surface area contributed by atoms with Crippen molar-refractivity contribution in [3.05, 3.63) is 82.9 Å². The Kier molecular flexibility index (Phi) is 8.46. The molecule has 0 aliphatic carbocycles. The number of phenols is 1. The number of carbonyl (C=O) groups is 2. The molecule has 4 N–H and O–H groups in total. The Hall–Kier alpha value is -3.36. The maximum atomic E-state index is 12.9. The van der Waals surface area contributed by atoms with Crippen LogP contribution in [0, 0.1) is 5.92 Å². The number of nitrogens with one attached hydrogen (secondary N) is 2. The van der Waals surface area contributed by atoms with Crippen molar-refractivity contribution in [2.24, 2.45) is 5.92 Å². The highest BCUT2D eigenvalue weighted by Gasteiger charge is 2.26. The summed E-state index contributed by atoms with van der Waals surface area (Å²) in [6, 6.07) is 18.3. The normalized spacial score (nSPS) is 12.9. The number of hydroxylamine groups is 1. The molecule has 0 unspecified atom stereocenters. The number of amides is 2. The van der Waals surface area contributed by atoms with E-state index in [2.05, 4.69) is 21.2 Å². The molecule has 0 aliphatic heterocycles. The van der Waals surface area contributed by atoms with Crippen molar-refractivity contribution in [3.63, 3.8) is 0 Å². The fraction of sp³-hybridized carbons (Fsp3) is 0.200. The topological polar surface area (TPSA) is 108 Å². The van der Waals surface area contributed by atoms with Crippen molar-refractivity contribution in [3.8, 4) is 5.75 Å². The molecule has 2 amide bonds. The zero-order valence-corrected chi connectivity index (χ0v) is 19.6. The number of fused-ring (bicyclic) bond motifs is 1. The van der Waals surface area contributed by atoms with Gasteiger partial charge in [0.15, 0.2) is 0 Å². The summed E-state index contributed by atoms with van der Waals surface area (Å²) in [5.74, 6) is -0.789. The van der Waals surface area contributed by atoms with Crippen LogP contribution < -0.4 is 10.8 Å². The van der Waals surface area contributed by atoms with Gasteiger partial charge in [-0.05, 0) is 48.4 Å². The van der Waals surface area contributed by atoms with E-state index in [0.29, 0.717) is 24.1 Å². The van der Waals surface area contributed by atoms with Crippen molar-refractivity contribution < 1.29 is 24.6 Å². The number of halogens is 1. The molecule has 8 heteroatoms. The van der Waals surface area contributed by atoms with E-state index in [-0.39, 0.29) is 11.7 Å². The fourth-order valence-electron chi connectivity index (χ4n) is 3.57. The average molecular weight is 513 g/mol. The van der Waals surface area contributed by atoms with Gasteiger partial charge in [0.05, 0.1) is 5.69 Å². The van der Waals surface area contributed by atoms with Crippen LogP contribution in [0.2, 0.25) is 0 Å². The summed E-state index contributed by atoms with van der Waals surface area (Å²) < 4.78 is 6.55. The Balaban J connectivity index is 1.79. The highest BCUT2D eigenvalue weighted by Crippen LogP contribution is 2.37. The van der Waals surface area contributed by atoms with Gasteiger partial charge in [-0.2, -0.15) is 0 Å². The molecule has 0 saturated carbocycles. The average Bonchev–Trinajstić information content (AvgIpc) is 2.82. The molecule has 33 heavy (non-hydrogen) atoms. The van der Waals surface area contributed by atoms with E-state index in [0.717, 1.165) is 15.2 Å². The lowest BCUT2D eigenvalue weighted by molar-refractivity contribution is -0.124. The van der Waals surface area contributed by atoms with Crippen LogP contribution in [0.15, 0.2) is 77.3 Å². The Bertz CT molecular complexity index is 1160. The number of carbonyl (C=O) groups excluding carboxylic acids is 2. The first-order valence-electron chi connectivity index (χ1n) is 10.4. The third-order valence-corrected chi connectivity index (χ3v) is 5.73. The lowest BCUT2D eigenvalue weighted by Gasteiger charge is -2.25. The predicted octanol–water partition coefficient (Wildman–Crippen LogP) is 6.08. The van der Waals surface area contributed by atoms with Crippen molar-refractivity contribution in [2.45, 2.75) is 25.9 Å². The monoisotopic (exact) mass is 512 g/mol. The Morgan fingerprint density at radius 1 is 1.12 bits per heavy atom. The second-order valence-corrected chi connectivity index (χ2v) is 8.53. The van der Waals surface area contributed by atoms with E-state index in [1.807, 2.05) is 43.3 Å². The van der Waals surface area contributed by atoms with Gasteiger partial charge in [0, 0.05) is 21.5 Å². The molecule has 0 spiro atoms. The van der Waals surface area contributed by atoms with Crippen molar-refractivity contribution in [1.82, 2.24) is 5.48 Å². The van der Waals surface area contributed by atoms with Gasteiger partial charge in [0.1, 0.15) is 11.9 Å². The van der Waals surface area contributed by atoms with E-state index in [9.17, 15) is 14.7 Å². The number of allylic oxidation sites excluding steroid dienone is 1. The molecule has 2 atom stereocenters. The zero-order chi connectivity index (χ0) is 23.8. The van der Waals surface area contributed by atoms with E-state index in [4.69, 9.17) is 9.94 Å². The van der Waals surface area contributed by atoms with Gasteiger partial charge in [-0.3, -0.25) is 15.3 Å². The molecule has 0 aromatic heterocycles. The van der Waals surface area contributed by atoms with Crippen LogP contribution in [-0.4, -0.2) is 22.3 Å². The summed E-state index contributed by atoms with van der Waals surface area (Å²) >= 11 is 3.40. The van der Waals surface area contributed by atoms with Gasteiger partial charge >= 0.3 is 6.09 Å². The predicted molar refractivity (Wildman–Crippen MR) is 130 cm³/mol. The Labute approximate surface area is 200 Å². The minimum Gasteiger partial charge on any atom is -0.508 e. The lowest BCUT2D eigenvalue weighted by Crippen LogP contribution is -2.22. The molecule has 0 bridgehead atoms. The quantitative estimate of drug-likeness (QED) is 0.166. The van der Waals surface area contributed by atoms with Gasteiger partial charge in [-0.1, -0.05) is 65.3 Å². The Morgan fingerprint density at radius 3 is 2.67 bits per heavy atom. The molecule has 3 aromatic rings. The van der Waals surface area contributed by atoms with Crippen molar-refractivity contribution in [2.75, 3.05) is 5.32 Å². The second kappa shape index (κ2) is 11.5. The van der Waals surface area contributed by atoms with E-state index in [1.165, 1.54) is 17.6 Å². The number of benzene rings is 3. The van der Waals surface area contributed by atoms with Crippen LogP contribution in [0.25, 0.3) is 10.8 Å². The first-order valence-corrected chi connectivity index (χ1v) is 11.2. The SMILES string of the molecule is C[C@@H](CC/C=C/C(=O)NO)[C@@H](OC(=O)Nc1cccc2ccccc12)c1cc(Br)ccc1O. The van der Waals surface area contributed by atoms with Crippen molar-refractivity contribution >= 4 is 44.4 Å². The van der Waals surface area contributed by atoms with E-state index in [1.54, 1.807) is 24.3 Å². The first kappa shape index (κ1) is 24.3. The van der Waals surface area contributed by atoms with Crippen LogP contribution >= 0.6 is 15.9 Å². The summed E-state index contributed by atoms with van der Waals surface area (Å²) in [5.41, 5.74) is 2.64. The van der Waals surface area contributed by atoms with Crippen LogP contribution in [-0.2, 0) is 9.53 Å². The van der Waals surface area contributed by atoms with Gasteiger partial charge in [-0.15, -0.1) is 0 Å². The largest absolute Gasteiger partial charge is 0.508 e. The number of anilines is 1. The highest BCUT2D eigenvalue weighted by atomic mass is 79.9. The summed E-state index contributed by atoms with van der Waals surface area (Å²) in [6.45, 7) is 1.90. The number of hydrogen-bond donors (Lipinski definition) is 4. The van der Waals surface area contributed by atoms with E-state index < -0.39 is 18.1 Å². The Morgan fingerprint density at radius 2 is 1.88 bits per heavy atom. The second-order valence-electron chi connectivity index (χ2n) is 7.61. The number of aromatic hydroxyl groups is 1. The third kappa shape index (κ3) is 6.57. The molecule has 3 aromatic carbocycles. The number of rotatable bonds is 8. The lowest BCUT2D eigenvalue weighted by atomic mass is 9.92. The minimum atomic E-state index is -0.738. The van der Waals surface area contributed by atoms with Gasteiger partial charge < -0.3 is 9.84 Å². The molecule has 0 fully saturated rings. The summed E-state index contributed by atoms with van der Waals surface area (Å²) in [7, 11) is 0. The molecule has 3 rings (SSSR count). The van der Waals surface area contributed by atoms with Gasteiger partial charge in [0.2, 0.25) is 0 Å². The maximum Gasteiger partial charge on any atom is 0.412 e. The first-order chi connectivity index (χ1) is 15.9. The minimum absolute atomic E-state index is 0.0169. The molecule has 0 saturated heterocycles. The third-order valence-electron chi connectivity index (χ3n) is 5.24. The molecular formula is C25H25BrN2O5. The van der Waals surface area contributed by atoms with Crippen LogP contribution in [0.3, 0.4) is 0 Å². The molecule has 172 valence electrons. The molecule has 0 heterocycles. The molecular weight excluding hydrogens is 488 g/mol. The number of ether oxygens (including phenoxy) is 1. The summed E-state index contributed by atoms with van der Waals surface area (Å²) in [4.78, 5) is 24.0. The van der Waals surface area contributed by atoms with Crippen LogP contribution in [0.5, 0.6) is 5.75 Å². The summed E-state index contributed by atoms with van der Waals surface area (Å²) in [6.07, 6.45) is 2.54. The van der Waals surface area contributed by atoms with Gasteiger partial charge in [0.25, 0.3) is 5.91 Å². The van der Waals surface area contributed by atoms with Crippen LogP contribution in [0.4, 0.5) is 10.5 Å². The zero-order valence-electron chi connectivity index (χ0n) is 18.0. The van der Waals surface area contributed by atoms with Gasteiger partial charge in [-0.25, -0.2) is 10.3 Å². The molecule has 0 radical (unpaired) electrons. The number of hydrogen-bond acceptors (Lipinski definition) is 5. The summed E-state index contributed by atoms with van der Waals surface area (Å²) in [5, 5.41) is 23.7. The molecule has 7 nitrogen and oxygen atoms in total. The van der Waals surface area contributed by atoms with Crippen LogP contribution in [0.1, 0.15) is 31.4 Å². The van der Waals surface area contributed by atoms with Crippen molar-refractivity contribution in [1.29, 1.82) is 0 Å². The fourth-order valence-corrected chi connectivity index (χ4v) is 3.95.